The van der Waals surface area contributed by atoms with E-state index >= 15 is 0 Å². The molecule has 0 spiro atoms. The van der Waals surface area contributed by atoms with E-state index in [2.05, 4.69) is 32.9 Å². The van der Waals surface area contributed by atoms with E-state index in [-0.39, 0.29) is 11.7 Å². The van der Waals surface area contributed by atoms with Crippen LogP contribution < -0.4 is 0 Å². The largest absolute Gasteiger partial charge is 0.294 e. The third-order valence-electron chi connectivity index (χ3n) is 2.87. The average molecular weight is 218 g/mol. The van der Waals surface area contributed by atoms with Gasteiger partial charge in [0.05, 0.1) is 0 Å². The summed E-state index contributed by atoms with van der Waals surface area (Å²) in [4.78, 5) is 11.6. The number of rotatable bonds is 4. The van der Waals surface area contributed by atoms with Crippen molar-refractivity contribution in [3.8, 4) is 0 Å². The zero-order valence-corrected chi connectivity index (χ0v) is 10.8. The van der Waals surface area contributed by atoms with Crippen LogP contribution in [0.5, 0.6) is 0 Å². The molecular weight excluding hydrogens is 196 g/mol. The summed E-state index contributed by atoms with van der Waals surface area (Å²) in [7, 11) is 0. The second-order valence-corrected chi connectivity index (χ2v) is 5.04. The Morgan fingerprint density at radius 2 is 2.12 bits per heavy atom. The third-order valence-corrected chi connectivity index (χ3v) is 2.87. The van der Waals surface area contributed by atoms with E-state index in [9.17, 15) is 4.79 Å². The molecule has 1 atom stereocenters. The molecule has 0 N–H and O–H groups in total. The molecule has 0 aromatic heterocycles. The van der Waals surface area contributed by atoms with Gasteiger partial charge in [0.25, 0.3) is 0 Å². The van der Waals surface area contributed by atoms with Crippen LogP contribution in [0.3, 0.4) is 0 Å². The molecule has 1 aliphatic carbocycles. The van der Waals surface area contributed by atoms with Crippen LogP contribution in [0, 0.1) is 5.92 Å². The Kier molecular flexibility index (Phi) is 4.72. The molecule has 0 aromatic rings. The summed E-state index contributed by atoms with van der Waals surface area (Å²) in [5, 5.41) is 0. The lowest BCUT2D eigenvalue weighted by Crippen LogP contribution is -2.03. The Bertz CT molecular complexity index is 352. The fourth-order valence-electron chi connectivity index (χ4n) is 2.01. The van der Waals surface area contributed by atoms with Crippen molar-refractivity contribution in [2.24, 2.45) is 5.92 Å². The van der Waals surface area contributed by atoms with Gasteiger partial charge in [0.1, 0.15) is 0 Å². The summed E-state index contributed by atoms with van der Waals surface area (Å²) in [6.45, 7) is 8.39. The highest BCUT2D eigenvalue weighted by Crippen LogP contribution is 2.24. The summed E-state index contributed by atoms with van der Waals surface area (Å²) in [6.07, 6.45) is 9.24. The smallest absolute Gasteiger partial charge is 0.162 e. The molecule has 1 rings (SSSR count). The summed E-state index contributed by atoms with van der Waals surface area (Å²) in [6, 6.07) is 0. The monoisotopic (exact) mass is 218 g/mol. The summed E-state index contributed by atoms with van der Waals surface area (Å²) in [5.41, 5.74) is 3.91. The van der Waals surface area contributed by atoms with Gasteiger partial charge in [-0.25, -0.2) is 0 Å². The molecule has 1 aliphatic rings. The molecule has 1 nitrogen and oxygen atoms in total. The second-order valence-electron chi connectivity index (χ2n) is 5.04. The van der Waals surface area contributed by atoms with Crippen molar-refractivity contribution in [2.75, 3.05) is 0 Å². The molecule has 0 saturated carbocycles. The molecule has 0 aliphatic heterocycles. The zero-order chi connectivity index (χ0) is 12.1. The fourth-order valence-corrected chi connectivity index (χ4v) is 2.01. The van der Waals surface area contributed by atoms with E-state index in [1.807, 2.05) is 6.92 Å². The molecule has 16 heavy (non-hydrogen) atoms. The predicted molar refractivity (Wildman–Crippen MR) is 69.3 cm³/mol. The Morgan fingerprint density at radius 1 is 1.44 bits per heavy atom. The lowest BCUT2D eigenvalue weighted by atomic mass is 9.99. The van der Waals surface area contributed by atoms with Crippen LogP contribution in [0.4, 0.5) is 0 Å². The van der Waals surface area contributed by atoms with Gasteiger partial charge in [-0.2, -0.15) is 0 Å². The van der Waals surface area contributed by atoms with Crippen LogP contribution in [0.2, 0.25) is 0 Å². The van der Waals surface area contributed by atoms with Crippen molar-refractivity contribution < 1.29 is 4.79 Å². The SMILES string of the molecule is CC(C)=CCC/C(C)=C\C1CC(C)=CC1=O. The first-order valence-electron chi connectivity index (χ1n) is 6.00. The Labute approximate surface area is 98.9 Å². The molecule has 0 radical (unpaired) electrons. The first-order valence-corrected chi connectivity index (χ1v) is 6.00. The van der Waals surface area contributed by atoms with Gasteiger partial charge in [-0.3, -0.25) is 4.79 Å². The van der Waals surface area contributed by atoms with Crippen LogP contribution in [0.1, 0.15) is 47.0 Å². The van der Waals surface area contributed by atoms with Gasteiger partial charge in [0.15, 0.2) is 5.78 Å². The maximum atomic E-state index is 11.6. The molecule has 0 aromatic carbocycles. The molecule has 0 heterocycles. The van der Waals surface area contributed by atoms with Gasteiger partial charge in [0, 0.05) is 5.92 Å². The molecule has 0 saturated heterocycles. The van der Waals surface area contributed by atoms with E-state index in [0.29, 0.717) is 0 Å². The molecule has 88 valence electrons. The lowest BCUT2D eigenvalue weighted by Gasteiger charge is -2.05. The van der Waals surface area contributed by atoms with Crippen molar-refractivity contribution in [1.82, 2.24) is 0 Å². The normalized spacial score (nSPS) is 21.0. The van der Waals surface area contributed by atoms with Crippen molar-refractivity contribution in [1.29, 1.82) is 0 Å². The maximum Gasteiger partial charge on any atom is 0.162 e. The van der Waals surface area contributed by atoms with Crippen LogP contribution >= 0.6 is 0 Å². The van der Waals surface area contributed by atoms with Gasteiger partial charge in [-0.1, -0.05) is 28.9 Å². The average Bonchev–Trinajstić information content (AvgIpc) is 2.44. The second kappa shape index (κ2) is 5.83. The minimum absolute atomic E-state index is 0.117. The minimum atomic E-state index is 0.117. The standard InChI is InChI=1S/C15H22O/c1-11(2)6-5-7-12(3)8-14-9-13(4)10-15(14)16/h6,8,10,14H,5,7,9H2,1-4H3/b12-8-. The van der Waals surface area contributed by atoms with E-state index in [1.165, 1.54) is 16.7 Å². The van der Waals surface area contributed by atoms with Crippen LogP contribution in [0.25, 0.3) is 0 Å². The molecular formula is C15H22O. The number of carbonyl (C=O) groups excluding carboxylic acids is 1. The third kappa shape index (κ3) is 4.18. The quantitative estimate of drug-likeness (QED) is 0.646. The molecule has 0 fully saturated rings. The first-order chi connectivity index (χ1) is 7.49. The van der Waals surface area contributed by atoms with Gasteiger partial charge in [-0.05, 0) is 53.0 Å². The number of carbonyl (C=O) groups is 1. The van der Waals surface area contributed by atoms with E-state index in [1.54, 1.807) is 6.08 Å². The summed E-state index contributed by atoms with van der Waals surface area (Å²) < 4.78 is 0. The predicted octanol–water partition coefficient (Wildman–Crippen LogP) is 4.21. The zero-order valence-electron chi connectivity index (χ0n) is 10.8. The topological polar surface area (TPSA) is 17.1 Å². The first kappa shape index (κ1) is 13.0. The highest BCUT2D eigenvalue weighted by atomic mass is 16.1. The van der Waals surface area contributed by atoms with Gasteiger partial charge in [-0.15, -0.1) is 0 Å². The van der Waals surface area contributed by atoms with E-state index in [4.69, 9.17) is 0 Å². The van der Waals surface area contributed by atoms with Crippen molar-refractivity contribution >= 4 is 5.78 Å². The van der Waals surface area contributed by atoms with E-state index in [0.717, 1.165) is 19.3 Å². The van der Waals surface area contributed by atoms with E-state index < -0.39 is 0 Å². The number of allylic oxidation sites excluding steroid dienone is 6. The molecule has 0 bridgehead atoms. The molecule has 1 heteroatoms. The summed E-state index contributed by atoms with van der Waals surface area (Å²) >= 11 is 0. The van der Waals surface area contributed by atoms with Crippen LogP contribution in [0.15, 0.2) is 34.9 Å². The number of hydrogen-bond donors (Lipinski definition) is 0. The van der Waals surface area contributed by atoms with Crippen LogP contribution in [-0.4, -0.2) is 5.78 Å². The van der Waals surface area contributed by atoms with Crippen molar-refractivity contribution in [3.63, 3.8) is 0 Å². The Morgan fingerprint density at radius 3 is 2.62 bits per heavy atom. The Hall–Kier alpha value is -1.11. The van der Waals surface area contributed by atoms with Gasteiger partial charge >= 0.3 is 0 Å². The lowest BCUT2D eigenvalue weighted by molar-refractivity contribution is -0.116. The summed E-state index contributed by atoms with van der Waals surface area (Å²) in [5.74, 6) is 0.394. The highest BCUT2D eigenvalue weighted by molar-refractivity contribution is 5.96. The van der Waals surface area contributed by atoms with Crippen LogP contribution in [-0.2, 0) is 4.79 Å². The van der Waals surface area contributed by atoms with Crippen molar-refractivity contribution in [2.45, 2.75) is 47.0 Å². The minimum Gasteiger partial charge on any atom is -0.294 e. The number of ketones is 1. The molecule has 1 unspecified atom stereocenters. The van der Waals surface area contributed by atoms with Gasteiger partial charge in [0.2, 0.25) is 0 Å². The van der Waals surface area contributed by atoms with Gasteiger partial charge < -0.3 is 0 Å². The molecule has 0 amide bonds. The fraction of sp³-hybridized carbons (Fsp3) is 0.533. The van der Waals surface area contributed by atoms with Crippen molar-refractivity contribution in [3.05, 3.63) is 34.9 Å². The highest BCUT2D eigenvalue weighted by Gasteiger charge is 2.20. The maximum absolute atomic E-state index is 11.6. The Balaban J connectivity index is 2.46. The number of hydrogen-bond acceptors (Lipinski definition) is 1.